The topological polar surface area (TPSA) is 124 Å². The summed E-state index contributed by atoms with van der Waals surface area (Å²) in [6, 6.07) is 11.8. The van der Waals surface area contributed by atoms with Gasteiger partial charge in [-0.3, -0.25) is 9.59 Å². The van der Waals surface area contributed by atoms with E-state index in [0.717, 1.165) is 16.8 Å². The summed E-state index contributed by atoms with van der Waals surface area (Å²) in [5.74, 6) is -2.97. The first kappa shape index (κ1) is 20.4. The minimum Gasteiger partial charge on any atom is -0.481 e. The Kier molecular flexibility index (Phi) is 6.19. The average Bonchev–Trinajstić information content (AvgIpc) is 2.60. The van der Waals surface area contributed by atoms with E-state index in [1.807, 2.05) is 48.0 Å². The van der Waals surface area contributed by atoms with Crippen LogP contribution in [0.3, 0.4) is 0 Å². The SMILES string of the molecule is CN(C)c1ccc(-c2ccc(S(=O)(=O)N[C@@H](CC(=O)O)C(=O)O)cc2)cc1. The Morgan fingerprint density at radius 1 is 0.963 bits per heavy atom. The maximum atomic E-state index is 12.3. The summed E-state index contributed by atoms with van der Waals surface area (Å²) in [5.41, 5.74) is 2.71. The van der Waals surface area contributed by atoms with E-state index in [1.54, 1.807) is 12.1 Å². The molecule has 2 aromatic carbocycles. The Morgan fingerprint density at radius 2 is 1.44 bits per heavy atom. The molecule has 27 heavy (non-hydrogen) atoms. The summed E-state index contributed by atoms with van der Waals surface area (Å²) in [7, 11) is -0.314. The van der Waals surface area contributed by atoms with Gasteiger partial charge >= 0.3 is 11.9 Å². The van der Waals surface area contributed by atoms with Gasteiger partial charge in [0.2, 0.25) is 10.0 Å². The van der Waals surface area contributed by atoms with E-state index in [2.05, 4.69) is 0 Å². The first-order valence-electron chi connectivity index (χ1n) is 7.95. The van der Waals surface area contributed by atoms with E-state index in [-0.39, 0.29) is 4.90 Å². The molecule has 8 nitrogen and oxygen atoms in total. The number of aliphatic carboxylic acids is 2. The molecule has 0 aromatic heterocycles. The molecule has 0 radical (unpaired) electrons. The Balaban J connectivity index is 2.22. The molecule has 0 saturated heterocycles. The van der Waals surface area contributed by atoms with Crippen LogP contribution < -0.4 is 9.62 Å². The van der Waals surface area contributed by atoms with Crippen LogP contribution >= 0.6 is 0 Å². The van der Waals surface area contributed by atoms with Gasteiger partial charge in [-0.05, 0) is 35.4 Å². The van der Waals surface area contributed by atoms with Crippen LogP contribution in [0, 0.1) is 0 Å². The lowest BCUT2D eigenvalue weighted by atomic mass is 10.1. The van der Waals surface area contributed by atoms with Crippen LogP contribution in [-0.4, -0.2) is 50.7 Å². The zero-order valence-corrected chi connectivity index (χ0v) is 15.6. The molecule has 9 heteroatoms. The van der Waals surface area contributed by atoms with Crippen molar-refractivity contribution in [3.8, 4) is 11.1 Å². The molecule has 144 valence electrons. The molecule has 0 spiro atoms. The number of sulfonamides is 1. The Hall–Kier alpha value is -2.91. The number of carboxylic acids is 2. The smallest absolute Gasteiger partial charge is 0.322 e. The number of rotatable bonds is 8. The fourth-order valence-electron chi connectivity index (χ4n) is 2.39. The van der Waals surface area contributed by atoms with Gasteiger partial charge in [0.05, 0.1) is 11.3 Å². The molecule has 2 aromatic rings. The van der Waals surface area contributed by atoms with Crippen LogP contribution in [0.25, 0.3) is 11.1 Å². The van der Waals surface area contributed by atoms with E-state index in [4.69, 9.17) is 10.2 Å². The quantitative estimate of drug-likeness (QED) is 0.624. The van der Waals surface area contributed by atoms with Gasteiger partial charge < -0.3 is 15.1 Å². The van der Waals surface area contributed by atoms with Crippen molar-refractivity contribution in [2.24, 2.45) is 0 Å². The molecule has 0 fully saturated rings. The van der Waals surface area contributed by atoms with Crippen molar-refractivity contribution in [3.63, 3.8) is 0 Å². The van der Waals surface area contributed by atoms with Crippen molar-refractivity contribution in [1.82, 2.24) is 4.72 Å². The van der Waals surface area contributed by atoms with Gasteiger partial charge in [-0.1, -0.05) is 24.3 Å². The van der Waals surface area contributed by atoms with Gasteiger partial charge in [0.25, 0.3) is 0 Å². The first-order valence-corrected chi connectivity index (χ1v) is 9.43. The number of nitrogens with zero attached hydrogens (tertiary/aromatic N) is 1. The number of nitrogens with one attached hydrogen (secondary N) is 1. The monoisotopic (exact) mass is 392 g/mol. The molecule has 0 aliphatic carbocycles. The molecule has 3 N–H and O–H groups in total. The Bertz CT molecular complexity index is 921. The summed E-state index contributed by atoms with van der Waals surface area (Å²) >= 11 is 0. The van der Waals surface area contributed by atoms with Crippen molar-refractivity contribution < 1.29 is 28.2 Å². The second-order valence-electron chi connectivity index (χ2n) is 6.08. The second kappa shape index (κ2) is 8.19. The fraction of sp³-hybridized carbons (Fsp3) is 0.222. The van der Waals surface area contributed by atoms with Gasteiger partial charge in [-0.15, -0.1) is 0 Å². The Morgan fingerprint density at radius 3 is 1.85 bits per heavy atom. The number of hydrogen-bond acceptors (Lipinski definition) is 5. The number of carboxylic acid groups (broad SMARTS) is 2. The minimum absolute atomic E-state index is 0.146. The molecule has 0 unspecified atom stereocenters. The number of carbonyl (C=O) groups is 2. The van der Waals surface area contributed by atoms with Gasteiger partial charge in [0.15, 0.2) is 0 Å². The third-order valence-corrected chi connectivity index (χ3v) is 5.34. The molecular formula is C18H20N2O6S. The maximum Gasteiger partial charge on any atom is 0.322 e. The molecule has 0 bridgehead atoms. The van der Waals surface area contributed by atoms with Crippen molar-refractivity contribution >= 4 is 27.6 Å². The predicted octanol–water partition coefficient (Wildman–Crippen LogP) is 1.63. The minimum atomic E-state index is -4.17. The predicted molar refractivity (Wildman–Crippen MR) is 100 cm³/mol. The van der Waals surface area contributed by atoms with Gasteiger partial charge in [-0.25, -0.2) is 8.42 Å². The van der Waals surface area contributed by atoms with E-state index in [0.29, 0.717) is 0 Å². The van der Waals surface area contributed by atoms with Crippen LogP contribution in [0.4, 0.5) is 5.69 Å². The molecule has 0 saturated carbocycles. The molecule has 2 rings (SSSR count). The normalized spacial score (nSPS) is 12.4. The van der Waals surface area contributed by atoms with E-state index in [1.165, 1.54) is 12.1 Å². The lowest BCUT2D eigenvalue weighted by molar-refractivity contribution is -0.145. The summed E-state index contributed by atoms with van der Waals surface area (Å²) in [6.45, 7) is 0. The van der Waals surface area contributed by atoms with Crippen molar-refractivity contribution in [3.05, 3.63) is 48.5 Å². The second-order valence-corrected chi connectivity index (χ2v) is 7.79. The fourth-order valence-corrected chi connectivity index (χ4v) is 3.58. The van der Waals surface area contributed by atoms with Crippen molar-refractivity contribution in [2.45, 2.75) is 17.4 Å². The van der Waals surface area contributed by atoms with Crippen LogP contribution in [0.1, 0.15) is 6.42 Å². The molecule has 0 heterocycles. The highest BCUT2D eigenvalue weighted by Gasteiger charge is 2.27. The Labute approximate surface area is 157 Å². The van der Waals surface area contributed by atoms with Gasteiger partial charge in [0.1, 0.15) is 6.04 Å². The molecule has 0 amide bonds. The highest BCUT2D eigenvalue weighted by molar-refractivity contribution is 7.89. The first-order chi connectivity index (χ1) is 12.6. The molecule has 0 aliphatic rings. The molecule has 1 atom stereocenters. The third kappa shape index (κ3) is 5.28. The number of anilines is 1. The molecular weight excluding hydrogens is 372 g/mol. The lowest BCUT2D eigenvalue weighted by Crippen LogP contribution is -2.42. The number of benzene rings is 2. The standard InChI is InChI=1S/C18H20N2O6S/c1-20(2)14-7-3-12(4-8-14)13-5-9-15(10-6-13)27(25,26)19-16(18(23)24)11-17(21)22/h3-10,16,19H,11H2,1-2H3,(H,21,22)(H,23,24)/t16-/m0/s1. The van der Waals surface area contributed by atoms with Crippen LogP contribution in [0.2, 0.25) is 0 Å². The summed E-state index contributed by atoms with van der Waals surface area (Å²) in [6.07, 6.45) is -0.856. The van der Waals surface area contributed by atoms with E-state index >= 15 is 0 Å². The third-order valence-electron chi connectivity index (χ3n) is 3.86. The maximum absolute atomic E-state index is 12.3. The van der Waals surface area contributed by atoms with Crippen molar-refractivity contribution in [2.75, 3.05) is 19.0 Å². The van der Waals surface area contributed by atoms with Crippen LogP contribution in [0.5, 0.6) is 0 Å². The van der Waals surface area contributed by atoms with Crippen molar-refractivity contribution in [1.29, 1.82) is 0 Å². The number of hydrogen-bond donors (Lipinski definition) is 3. The zero-order chi connectivity index (χ0) is 20.2. The average molecular weight is 392 g/mol. The largest absolute Gasteiger partial charge is 0.481 e. The lowest BCUT2D eigenvalue weighted by Gasteiger charge is -2.14. The zero-order valence-electron chi connectivity index (χ0n) is 14.8. The molecule has 0 aliphatic heterocycles. The van der Waals surface area contributed by atoms with Crippen LogP contribution in [0.15, 0.2) is 53.4 Å². The van der Waals surface area contributed by atoms with E-state index < -0.39 is 34.4 Å². The summed E-state index contributed by atoms with van der Waals surface area (Å²) in [4.78, 5) is 23.6. The summed E-state index contributed by atoms with van der Waals surface area (Å²) in [5, 5.41) is 17.7. The van der Waals surface area contributed by atoms with Gasteiger partial charge in [-0.2, -0.15) is 4.72 Å². The van der Waals surface area contributed by atoms with Gasteiger partial charge in [0, 0.05) is 19.8 Å². The van der Waals surface area contributed by atoms with E-state index in [9.17, 15) is 18.0 Å². The van der Waals surface area contributed by atoms with Crippen LogP contribution in [-0.2, 0) is 19.6 Å². The summed E-state index contributed by atoms with van der Waals surface area (Å²) < 4.78 is 26.6. The highest BCUT2D eigenvalue weighted by atomic mass is 32.2. The highest BCUT2D eigenvalue weighted by Crippen LogP contribution is 2.24.